The first-order valence-electron chi connectivity index (χ1n) is 6.93. The molecule has 1 aliphatic rings. The smallest absolute Gasteiger partial charge is 0.305 e. The summed E-state index contributed by atoms with van der Waals surface area (Å²) in [6, 6.07) is 4.79. The van der Waals surface area contributed by atoms with E-state index in [0.717, 1.165) is 12.8 Å². The first kappa shape index (κ1) is 15.4. The molecule has 0 aliphatic carbocycles. The summed E-state index contributed by atoms with van der Waals surface area (Å²) in [7, 11) is 0. The molecule has 2 atom stereocenters. The van der Waals surface area contributed by atoms with Crippen LogP contribution in [0.25, 0.3) is 0 Å². The van der Waals surface area contributed by atoms with E-state index >= 15 is 0 Å². The molecule has 114 valence electrons. The van der Waals surface area contributed by atoms with Crippen molar-refractivity contribution in [2.45, 2.75) is 37.8 Å². The lowest BCUT2D eigenvalue weighted by Crippen LogP contribution is -2.32. The van der Waals surface area contributed by atoms with Crippen molar-refractivity contribution >= 4 is 11.9 Å². The Hall–Kier alpha value is -1.95. The van der Waals surface area contributed by atoms with Gasteiger partial charge in [-0.05, 0) is 30.5 Å². The Morgan fingerprint density at radius 1 is 1.38 bits per heavy atom. The average Bonchev–Trinajstić information content (AvgIpc) is 2.91. The van der Waals surface area contributed by atoms with Crippen LogP contribution in [0.2, 0.25) is 0 Å². The molecule has 0 radical (unpaired) electrons. The first-order chi connectivity index (χ1) is 10.0. The minimum atomic E-state index is -1.03. The molecule has 2 N–H and O–H groups in total. The quantitative estimate of drug-likeness (QED) is 0.842. The van der Waals surface area contributed by atoms with Crippen molar-refractivity contribution in [1.29, 1.82) is 0 Å². The third-order valence-electron chi connectivity index (χ3n) is 3.42. The van der Waals surface area contributed by atoms with Crippen molar-refractivity contribution in [3.8, 4) is 0 Å². The third-order valence-corrected chi connectivity index (χ3v) is 3.42. The van der Waals surface area contributed by atoms with Crippen molar-refractivity contribution in [2.75, 3.05) is 6.61 Å². The highest BCUT2D eigenvalue weighted by atomic mass is 19.1. The van der Waals surface area contributed by atoms with E-state index in [4.69, 9.17) is 9.84 Å². The topological polar surface area (TPSA) is 75.6 Å². The molecule has 21 heavy (non-hydrogen) atoms. The first-order valence-corrected chi connectivity index (χ1v) is 6.93. The van der Waals surface area contributed by atoms with Gasteiger partial charge in [-0.1, -0.05) is 12.1 Å². The van der Waals surface area contributed by atoms with Crippen LogP contribution in [-0.2, 0) is 14.3 Å². The zero-order valence-electron chi connectivity index (χ0n) is 11.5. The molecule has 0 aromatic heterocycles. The van der Waals surface area contributed by atoms with Gasteiger partial charge in [0.15, 0.2) is 0 Å². The van der Waals surface area contributed by atoms with Gasteiger partial charge >= 0.3 is 5.97 Å². The standard InChI is InChI=1S/C15H18FNO4/c16-11-5-3-10(4-6-11)13(9-15(19)20)17-14(18)8-12-2-1-7-21-12/h3-6,12-13H,1-2,7-9H2,(H,17,18)(H,19,20)/t12-,13-/m1/s1. The molecule has 1 fully saturated rings. The lowest BCUT2D eigenvalue weighted by atomic mass is 10.0. The van der Waals surface area contributed by atoms with Gasteiger partial charge in [0.05, 0.1) is 25.0 Å². The summed E-state index contributed by atoms with van der Waals surface area (Å²) in [4.78, 5) is 22.9. The second-order valence-corrected chi connectivity index (χ2v) is 5.11. The molecule has 5 nitrogen and oxygen atoms in total. The van der Waals surface area contributed by atoms with Gasteiger partial charge in [-0.25, -0.2) is 4.39 Å². The summed E-state index contributed by atoms with van der Waals surface area (Å²) >= 11 is 0. The van der Waals surface area contributed by atoms with Crippen LogP contribution in [0.15, 0.2) is 24.3 Å². The number of benzene rings is 1. The number of rotatable bonds is 6. The number of carbonyl (C=O) groups is 2. The molecule has 6 heteroatoms. The normalized spacial score (nSPS) is 19.2. The molecule has 1 amide bonds. The van der Waals surface area contributed by atoms with Gasteiger partial charge in [-0.2, -0.15) is 0 Å². The predicted molar refractivity (Wildman–Crippen MR) is 73.1 cm³/mol. The summed E-state index contributed by atoms with van der Waals surface area (Å²) < 4.78 is 18.3. The van der Waals surface area contributed by atoms with Crippen LogP contribution in [-0.4, -0.2) is 29.7 Å². The highest BCUT2D eigenvalue weighted by molar-refractivity contribution is 5.78. The number of ether oxygens (including phenoxy) is 1. The molecule has 1 heterocycles. The van der Waals surface area contributed by atoms with Crippen LogP contribution in [0.5, 0.6) is 0 Å². The summed E-state index contributed by atoms with van der Waals surface area (Å²) in [5.74, 6) is -1.68. The van der Waals surface area contributed by atoms with E-state index in [1.165, 1.54) is 24.3 Å². The fraction of sp³-hybridized carbons (Fsp3) is 0.467. The Labute approximate surface area is 122 Å². The van der Waals surface area contributed by atoms with E-state index in [-0.39, 0.29) is 24.9 Å². The Bertz CT molecular complexity index is 497. The maximum absolute atomic E-state index is 12.9. The predicted octanol–water partition coefficient (Wildman–Crippen LogP) is 2.03. The largest absolute Gasteiger partial charge is 0.481 e. The maximum Gasteiger partial charge on any atom is 0.305 e. The maximum atomic E-state index is 12.9. The number of hydrogen-bond acceptors (Lipinski definition) is 3. The van der Waals surface area contributed by atoms with E-state index in [1.807, 2.05) is 0 Å². The van der Waals surface area contributed by atoms with E-state index in [0.29, 0.717) is 12.2 Å². The van der Waals surface area contributed by atoms with Crippen molar-refractivity contribution in [1.82, 2.24) is 5.32 Å². The minimum absolute atomic E-state index is 0.0938. The SMILES string of the molecule is O=C(O)C[C@@H](NC(=O)C[C@H]1CCCO1)c1ccc(F)cc1. The molecule has 0 bridgehead atoms. The molecule has 1 aromatic rings. The summed E-state index contributed by atoms with van der Waals surface area (Å²) in [5.41, 5.74) is 0.569. The molecule has 1 aliphatic heterocycles. The Morgan fingerprint density at radius 2 is 2.10 bits per heavy atom. The Balaban J connectivity index is 1.99. The van der Waals surface area contributed by atoms with Gasteiger partial charge in [0.2, 0.25) is 5.91 Å². The fourth-order valence-electron chi connectivity index (χ4n) is 2.39. The van der Waals surface area contributed by atoms with Crippen LogP contribution < -0.4 is 5.32 Å². The number of nitrogens with one attached hydrogen (secondary N) is 1. The van der Waals surface area contributed by atoms with Gasteiger partial charge in [-0.15, -0.1) is 0 Å². The Morgan fingerprint density at radius 3 is 2.67 bits per heavy atom. The van der Waals surface area contributed by atoms with Crippen LogP contribution in [0.3, 0.4) is 0 Å². The lowest BCUT2D eigenvalue weighted by molar-refractivity contribution is -0.137. The Kier molecular flexibility index (Phi) is 5.27. The van der Waals surface area contributed by atoms with Crippen LogP contribution in [0, 0.1) is 5.82 Å². The molecule has 0 saturated carbocycles. The fourth-order valence-corrected chi connectivity index (χ4v) is 2.39. The van der Waals surface area contributed by atoms with E-state index < -0.39 is 17.8 Å². The van der Waals surface area contributed by atoms with E-state index in [9.17, 15) is 14.0 Å². The number of aliphatic carboxylic acids is 1. The second kappa shape index (κ2) is 7.17. The molecular weight excluding hydrogens is 277 g/mol. The van der Waals surface area contributed by atoms with Crippen LogP contribution in [0.1, 0.15) is 37.3 Å². The lowest BCUT2D eigenvalue weighted by Gasteiger charge is -2.18. The summed E-state index contributed by atoms with van der Waals surface area (Å²) in [5, 5.41) is 11.6. The zero-order valence-corrected chi connectivity index (χ0v) is 11.5. The average molecular weight is 295 g/mol. The number of carboxylic acids is 1. The van der Waals surface area contributed by atoms with Crippen molar-refractivity contribution < 1.29 is 23.8 Å². The number of hydrogen-bond donors (Lipinski definition) is 2. The van der Waals surface area contributed by atoms with Crippen molar-refractivity contribution in [3.63, 3.8) is 0 Å². The molecule has 1 saturated heterocycles. The van der Waals surface area contributed by atoms with E-state index in [2.05, 4.69) is 5.32 Å². The van der Waals surface area contributed by atoms with Gasteiger partial charge < -0.3 is 15.2 Å². The van der Waals surface area contributed by atoms with Crippen LogP contribution >= 0.6 is 0 Å². The molecule has 1 aromatic carbocycles. The number of amides is 1. The van der Waals surface area contributed by atoms with Gasteiger partial charge in [0, 0.05) is 6.61 Å². The number of carboxylic acid groups (broad SMARTS) is 1. The highest BCUT2D eigenvalue weighted by Crippen LogP contribution is 2.19. The highest BCUT2D eigenvalue weighted by Gasteiger charge is 2.22. The minimum Gasteiger partial charge on any atom is -0.481 e. The van der Waals surface area contributed by atoms with Gasteiger partial charge in [0.25, 0.3) is 0 Å². The second-order valence-electron chi connectivity index (χ2n) is 5.11. The number of carbonyl (C=O) groups excluding carboxylic acids is 1. The third kappa shape index (κ3) is 4.82. The zero-order chi connectivity index (χ0) is 15.2. The van der Waals surface area contributed by atoms with Crippen LogP contribution in [0.4, 0.5) is 4.39 Å². The molecular formula is C15H18FNO4. The molecule has 0 unspecified atom stereocenters. The van der Waals surface area contributed by atoms with E-state index in [1.54, 1.807) is 0 Å². The molecule has 2 rings (SSSR count). The monoisotopic (exact) mass is 295 g/mol. The molecule has 0 spiro atoms. The van der Waals surface area contributed by atoms with Crippen molar-refractivity contribution in [3.05, 3.63) is 35.6 Å². The summed E-state index contributed by atoms with van der Waals surface area (Å²) in [6.45, 7) is 0.661. The van der Waals surface area contributed by atoms with Gasteiger partial charge in [0.1, 0.15) is 5.82 Å². The van der Waals surface area contributed by atoms with Gasteiger partial charge in [-0.3, -0.25) is 9.59 Å². The van der Waals surface area contributed by atoms with Crippen molar-refractivity contribution in [2.24, 2.45) is 0 Å². The summed E-state index contributed by atoms with van der Waals surface area (Å²) in [6.07, 6.45) is 1.66. The number of halogens is 1.